The van der Waals surface area contributed by atoms with Crippen LogP contribution in [0.1, 0.15) is 23.0 Å². The molecule has 8 heteroatoms. The fourth-order valence-corrected chi connectivity index (χ4v) is 2.99. The zero-order chi connectivity index (χ0) is 20.3. The lowest BCUT2D eigenvalue weighted by molar-refractivity contribution is 0.0527. The molecule has 146 valence electrons. The molecule has 3 rings (SSSR count). The van der Waals surface area contributed by atoms with Crippen LogP contribution in [0.15, 0.2) is 30.5 Å². The Morgan fingerprint density at radius 1 is 1.18 bits per heavy atom. The molecule has 0 spiro atoms. The van der Waals surface area contributed by atoms with Crippen LogP contribution >= 0.6 is 11.6 Å². The fraction of sp³-hybridized carbons (Fsp3) is 0.250. The second kappa shape index (κ2) is 8.31. The van der Waals surface area contributed by atoms with Crippen LogP contribution in [0.4, 0.5) is 11.4 Å². The summed E-state index contributed by atoms with van der Waals surface area (Å²) < 4.78 is 15.9. The number of nitrogens with zero attached hydrogens (tertiary/aromatic N) is 2. The van der Waals surface area contributed by atoms with E-state index < -0.39 is 5.97 Å². The summed E-state index contributed by atoms with van der Waals surface area (Å²) in [7, 11) is 3.06. The van der Waals surface area contributed by atoms with Crippen molar-refractivity contribution in [1.29, 1.82) is 0 Å². The Balaban J connectivity index is 2.21. The maximum absolute atomic E-state index is 12.5. The van der Waals surface area contributed by atoms with Crippen molar-refractivity contribution in [2.45, 2.75) is 13.8 Å². The Morgan fingerprint density at radius 2 is 1.93 bits per heavy atom. The molecule has 0 bridgehead atoms. The highest BCUT2D eigenvalue weighted by atomic mass is 35.5. The highest BCUT2D eigenvalue weighted by Crippen LogP contribution is 2.39. The molecule has 2 aromatic heterocycles. The zero-order valence-corrected chi connectivity index (χ0v) is 16.8. The smallest absolute Gasteiger partial charge is 0.341 e. The molecule has 0 radical (unpaired) electrons. The maximum Gasteiger partial charge on any atom is 0.341 e. The topological polar surface area (TPSA) is 82.6 Å². The third kappa shape index (κ3) is 3.80. The molecule has 0 aliphatic carbocycles. The largest absolute Gasteiger partial charge is 0.495 e. The number of anilines is 2. The van der Waals surface area contributed by atoms with Crippen molar-refractivity contribution in [3.05, 3.63) is 46.7 Å². The van der Waals surface area contributed by atoms with Crippen molar-refractivity contribution in [3.8, 4) is 11.5 Å². The molecule has 0 unspecified atom stereocenters. The Bertz CT molecular complexity index is 1040. The molecular formula is C20H20ClN3O4. The van der Waals surface area contributed by atoms with Gasteiger partial charge in [0.25, 0.3) is 0 Å². The van der Waals surface area contributed by atoms with Crippen molar-refractivity contribution in [3.63, 3.8) is 0 Å². The summed E-state index contributed by atoms with van der Waals surface area (Å²) in [5.41, 5.74) is 2.70. The second-order valence-corrected chi connectivity index (χ2v) is 6.31. The van der Waals surface area contributed by atoms with Gasteiger partial charge in [0.1, 0.15) is 17.1 Å². The van der Waals surface area contributed by atoms with Gasteiger partial charge in [-0.25, -0.2) is 14.8 Å². The van der Waals surface area contributed by atoms with E-state index in [1.54, 1.807) is 19.1 Å². The van der Waals surface area contributed by atoms with E-state index in [-0.39, 0.29) is 12.2 Å². The highest BCUT2D eigenvalue weighted by Gasteiger charge is 2.20. The average molecular weight is 402 g/mol. The molecule has 0 atom stereocenters. The van der Waals surface area contributed by atoms with E-state index >= 15 is 0 Å². The Kier molecular flexibility index (Phi) is 5.84. The lowest BCUT2D eigenvalue weighted by Gasteiger charge is -2.17. The average Bonchev–Trinajstić information content (AvgIpc) is 2.68. The number of esters is 1. The molecule has 0 aliphatic rings. The quantitative estimate of drug-likeness (QED) is 0.607. The minimum atomic E-state index is -0.486. The molecule has 7 nitrogen and oxygen atoms in total. The van der Waals surface area contributed by atoms with Crippen LogP contribution in [0.5, 0.6) is 11.5 Å². The summed E-state index contributed by atoms with van der Waals surface area (Å²) in [6.45, 7) is 3.87. The molecule has 1 aromatic carbocycles. The molecule has 2 heterocycles. The van der Waals surface area contributed by atoms with E-state index in [1.165, 1.54) is 20.4 Å². The van der Waals surface area contributed by atoms with Crippen LogP contribution in [0, 0.1) is 6.92 Å². The standard InChI is InChI=1S/C20H20ClN3O4/c1-5-28-20(25)13-10-22-19-12(7-6-11(2)23-19)18(13)24-15-9-16(26-3)14(21)8-17(15)27-4/h6-10H,5H2,1-4H3,(H,22,23,24). The van der Waals surface area contributed by atoms with Gasteiger partial charge in [-0.3, -0.25) is 0 Å². The Morgan fingerprint density at radius 3 is 2.61 bits per heavy atom. The lowest BCUT2D eigenvalue weighted by Crippen LogP contribution is -2.10. The maximum atomic E-state index is 12.5. The molecule has 0 fully saturated rings. The van der Waals surface area contributed by atoms with Gasteiger partial charge in [-0.05, 0) is 26.0 Å². The molecule has 1 N–H and O–H groups in total. The molecular weight excluding hydrogens is 382 g/mol. The lowest BCUT2D eigenvalue weighted by atomic mass is 10.1. The van der Waals surface area contributed by atoms with Crippen LogP contribution in [-0.2, 0) is 4.74 Å². The summed E-state index contributed by atoms with van der Waals surface area (Å²) in [4.78, 5) is 21.2. The number of benzene rings is 1. The first kappa shape index (κ1) is 19.7. The van der Waals surface area contributed by atoms with Gasteiger partial charge in [-0.15, -0.1) is 0 Å². The van der Waals surface area contributed by atoms with E-state index in [0.717, 1.165) is 5.69 Å². The predicted octanol–water partition coefficient (Wildman–Crippen LogP) is 4.53. The number of rotatable bonds is 6. The number of fused-ring (bicyclic) bond motifs is 1. The van der Waals surface area contributed by atoms with Crippen molar-refractivity contribution in [1.82, 2.24) is 9.97 Å². The Hall–Kier alpha value is -3.06. The highest BCUT2D eigenvalue weighted by molar-refractivity contribution is 6.32. The van der Waals surface area contributed by atoms with Crippen molar-refractivity contribution in [2.75, 3.05) is 26.1 Å². The van der Waals surface area contributed by atoms with Gasteiger partial charge in [-0.2, -0.15) is 0 Å². The van der Waals surface area contributed by atoms with Gasteiger partial charge in [0.15, 0.2) is 5.65 Å². The summed E-state index contributed by atoms with van der Waals surface area (Å²) >= 11 is 6.19. The number of nitrogens with one attached hydrogen (secondary N) is 1. The van der Waals surface area contributed by atoms with E-state index in [2.05, 4.69) is 15.3 Å². The van der Waals surface area contributed by atoms with Crippen molar-refractivity contribution < 1.29 is 19.0 Å². The SMILES string of the molecule is CCOC(=O)c1cnc2nc(C)ccc2c1Nc1cc(OC)c(Cl)cc1OC. The fourth-order valence-electron chi connectivity index (χ4n) is 2.76. The summed E-state index contributed by atoms with van der Waals surface area (Å²) in [6, 6.07) is 7.04. The molecule has 3 aromatic rings. The van der Waals surface area contributed by atoms with E-state index in [9.17, 15) is 4.79 Å². The van der Waals surface area contributed by atoms with Gasteiger partial charge >= 0.3 is 5.97 Å². The van der Waals surface area contributed by atoms with Crippen molar-refractivity contribution in [2.24, 2.45) is 0 Å². The van der Waals surface area contributed by atoms with Crippen LogP contribution < -0.4 is 14.8 Å². The second-order valence-electron chi connectivity index (χ2n) is 5.90. The first-order valence-corrected chi connectivity index (χ1v) is 8.98. The number of hydrogen-bond acceptors (Lipinski definition) is 7. The molecule has 28 heavy (non-hydrogen) atoms. The number of carbonyl (C=O) groups excluding carboxylic acids is 1. The van der Waals surface area contributed by atoms with E-state index in [1.807, 2.05) is 19.1 Å². The van der Waals surface area contributed by atoms with Gasteiger partial charge in [0.2, 0.25) is 0 Å². The number of aryl methyl sites for hydroxylation is 1. The monoisotopic (exact) mass is 401 g/mol. The molecule has 0 amide bonds. The van der Waals surface area contributed by atoms with Gasteiger partial charge < -0.3 is 19.5 Å². The van der Waals surface area contributed by atoms with Crippen molar-refractivity contribution >= 4 is 40.0 Å². The van der Waals surface area contributed by atoms with Gasteiger partial charge in [-0.1, -0.05) is 11.6 Å². The van der Waals surface area contributed by atoms with E-state index in [4.69, 9.17) is 25.8 Å². The third-order valence-electron chi connectivity index (χ3n) is 4.10. The third-order valence-corrected chi connectivity index (χ3v) is 4.39. The normalized spacial score (nSPS) is 10.6. The van der Waals surface area contributed by atoms with Crippen LogP contribution in [0.3, 0.4) is 0 Å². The first-order chi connectivity index (χ1) is 13.5. The number of aromatic nitrogens is 2. The number of pyridine rings is 2. The number of halogens is 1. The summed E-state index contributed by atoms with van der Waals surface area (Å²) in [5, 5.41) is 4.33. The summed E-state index contributed by atoms with van der Waals surface area (Å²) in [6.07, 6.45) is 1.45. The molecule has 0 saturated heterocycles. The number of hydrogen-bond donors (Lipinski definition) is 1. The Labute approximate surface area is 167 Å². The van der Waals surface area contributed by atoms with Crippen LogP contribution in [-0.4, -0.2) is 36.8 Å². The number of carbonyl (C=O) groups is 1. The van der Waals surface area contributed by atoms with Gasteiger partial charge in [0.05, 0.1) is 37.2 Å². The zero-order valence-electron chi connectivity index (χ0n) is 16.0. The predicted molar refractivity (Wildman–Crippen MR) is 108 cm³/mol. The number of methoxy groups -OCH3 is 2. The molecule has 0 aliphatic heterocycles. The minimum Gasteiger partial charge on any atom is -0.495 e. The first-order valence-electron chi connectivity index (χ1n) is 8.60. The van der Waals surface area contributed by atoms with Gasteiger partial charge in [0, 0.05) is 29.4 Å². The minimum absolute atomic E-state index is 0.251. The van der Waals surface area contributed by atoms with E-state index in [0.29, 0.717) is 38.9 Å². The molecule has 0 saturated carbocycles. The van der Waals surface area contributed by atoms with Crippen LogP contribution in [0.25, 0.3) is 11.0 Å². The number of ether oxygens (including phenoxy) is 3. The van der Waals surface area contributed by atoms with Crippen LogP contribution in [0.2, 0.25) is 5.02 Å². The summed E-state index contributed by atoms with van der Waals surface area (Å²) in [5.74, 6) is 0.473.